The SMILES string of the molecule is Cc1ccc(-n2c3ccccc3c3cc4c(cc32)Cc2ccccc2-4)cc1. The first-order valence-corrected chi connectivity index (χ1v) is 9.51. The van der Waals surface area contributed by atoms with Gasteiger partial charge in [0, 0.05) is 16.5 Å². The summed E-state index contributed by atoms with van der Waals surface area (Å²) in [4.78, 5) is 0. The molecule has 27 heavy (non-hydrogen) atoms. The molecule has 0 fully saturated rings. The van der Waals surface area contributed by atoms with E-state index >= 15 is 0 Å². The van der Waals surface area contributed by atoms with Crippen molar-refractivity contribution in [1.82, 2.24) is 4.57 Å². The van der Waals surface area contributed by atoms with Gasteiger partial charge in [-0.1, -0.05) is 60.2 Å². The molecule has 1 nitrogen and oxygen atoms in total. The highest BCUT2D eigenvalue weighted by atomic mass is 15.0. The van der Waals surface area contributed by atoms with Crippen LogP contribution in [0.1, 0.15) is 16.7 Å². The van der Waals surface area contributed by atoms with Gasteiger partial charge in [-0.15, -0.1) is 0 Å². The maximum absolute atomic E-state index is 2.41. The standard InChI is InChI=1S/C26H19N/c1-17-10-12-20(13-11-17)27-25-9-5-4-8-22(25)24-16-23-19(15-26(24)27)14-18-6-2-3-7-21(18)23/h2-13,15-16H,14H2,1H3. The van der Waals surface area contributed by atoms with Crippen molar-refractivity contribution in [1.29, 1.82) is 0 Å². The van der Waals surface area contributed by atoms with E-state index in [0.29, 0.717) is 0 Å². The van der Waals surface area contributed by atoms with Gasteiger partial charge in [-0.25, -0.2) is 0 Å². The molecule has 128 valence electrons. The lowest BCUT2D eigenvalue weighted by Gasteiger charge is -2.09. The van der Waals surface area contributed by atoms with E-state index in [0.717, 1.165) is 6.42 Å². The monoisotopic (exact) mass is 345 g/mol. The fourth-order valence-electron chi connectivity index (χ4n) is 4.57. The van der Waals surface area contributed by atoms with Gasteiger partial charge in [0.2, 0.25) is 0 Å². The average Bonchev–Trinajstić information content (AvgIpc) is 3.22. The number of fused-ring (bicyclic) bond motifs is 6. The van der Waals surface area contributed by atoms with E-state index in [9.17, 15) is 0 Å². The summed E-state index contributed by atoms with van der Waals surface area (Å²) in [7, 11) is 0. The van der Waals surface area contributed by atoms with Gasteiger partial charge in [0.05, 0.1) is 11.0 Å². The second-order valence-electron chi connectivity index (χ2n) is 7.55. The van der Waals surface area contributed by atoms with Crippen molar-refractivity contribution in [3.8, 4) is 16.8 Å². The van der Waals surface area contributed by atoms with Crippen LogP contribution in [0, 0.1) is 6.92 Å². The molecule has 0 N–H and O–H groups in total. The first kappa shape index (κ1) is 14.8. The Morgan fingerprint density at radius 3 is 2.30 bits per heavy atom. The smallest absolute Gasteiger partial charge is 0.0544 e. The molecule has 1 aromatic heterocycles. The molecule has 0 atom stereocenters. The minimum Gasteiger partial charge on any atom is -0.309 e. The van der Waals surface area contributed by atoms with Crippen LogP contribution >= 0.6 is 0 Å². The van der Waals surface area contributed by atoms with Gasteiger partial charge in [-0.3, -0.25) is 0 Å². The molecule has 1 aliphatic carbocycles. The molecule has 5 aromatic rings. The maximum Gasteiger partial charge on any atom is 0.0544 e. The van der Waals surface area contributed by atoms with E-state index in [2.05, 4.69) is 96.4 Å². The predicted molar refractivity (Wildman–Crippen MR) is 114 cm³/mol. The normalized spacial score (nSPS) is 12.5. The highest BCUT2D eigenvalue weighted by molar-refractivity contribution is 6.11. The molecule has 0 bridgehead atoms. The van der Waals surface area contributed by atoms with E-state index in [4.69, 9.17) is 0 Å². The Balaban J connectivity index is 1.73. The summed E-state index contributed by atoms with van der Waals surface area (Å²) < 4.78 is 2.41. The molecule has 0 radical (unpaired) electrons. The molecule has 1 aliphatic rings. The highest BCUT2D eigenvalue weighted by Crippen LogP contribution is 2.42. The van der Waals surface area contributed by atoms with E-state index in [-0.39, 0.29) is 0 Å². The van der Waals surface area contributed by atoms with Crippen molar-refractivity contribution >= 4 is 21.8 Å². The third-order valence-corrected chi connectivity index (χ3v) is 5.88. The van der Waals surface area contributed by atoms with Crippen LogP contribution in [0.15, 0.2) is 84.9 Å². The van der Waals surface area contributed by atoms with Crippen LogP contribution in [-0.4, -0.2) is 4.57 Å². The molecule has 1 heteroatoms. The van der Waals surface area contributed by atoms with E-state index < -0.39 is 0 Å². The number of hydrogen-bond acceptors (Lipinski definition) is 0. The molecule has 0 saturated carbocycles. The number of benzene rings is 4. The quantitative estimate of drug-likeness (QED) is 0.314. The molecule has 6 rings (SSSR count). The van der Waals surface area contributed by atoms with Crippen molar-refractivity contribution in [2.45, 2.75) is 13.3 Å². The third kappa shape index (κ3) is 2.06. The number of aryl methyl sites for hydroxylation is 1. The lowest BCUT2D eigenvalue weighted by molar-refractivity contribution is 1.17. The summed E-state index contributed by atoms with van der Waals surface area (Å²) in [5.74, 6) is 0. The van der Waals surface area contributed by atoms with Gasteiger partial charge in [0.1, 0.15) is 0 Å². The van der Waals surface area contributed by atoms with Gasteiger partial charge >= 0.3 is 0 Å². The number of nitrogens with zero attached hydrogens (tertiary/aromatic N) is 1. The van der Waals surface area contributed by atoms with Gasteiger partial charge in [0.15, 0.2) is 0 Å². The summed E-state index contributed by atoms with van der Waals surface area (Å²) in [6.45, 7) is 2.14. The Kier molecular flexibility index (Phi) is 2.93. The summed E-state index contributed by atoms with van der Waals surface area (Å²) in [6.07, 6.45) is 1.02. The van der Waals surface area contributed by atoms with Crippen molar-refractivity contribution in [3.05, 3.63) is 102 Å². The van der Waals surface area contributed by atoms with Crippen molar-refractivity contribution < 1.29 is 0 Å². The maximum atomic E-state index is 2.41. The molecule has 1 heterocycles. The van der Waals surface area contributed by atoms with E-state index in [1.165, 1.54) is 55.3 Å². The van der Waals surface area contributed by atoms with Crippen LogP contribution in [0.25, 0.3) is 38.6 Å². The van der Waals surface area contributed by atoms with Crippen LogP contribution < -0.4 is 0 Å². The van der Waals surface area contributed by atoms with Gasteiger partial charge in [-0.2, -0.15) is 0 Å². The Hall–Kier alpha value is -3.32. The summed E-state index contributed by atoms with van der Waals surface area (Å²) >= 11 is 0. The molecule has 0 amide bonds. The Morgan fingerprint density at radius 1 is 0.630 bits per heavy atom. The van der Waals surface area contributed by atoms with Crippen LogP contribution in [-0.2, 0) is 6.42 Å². The second kappa shape index (κ2) is 5.34. The lowest BCUT2D eigenvalue weighted by atomic mass is 10.0. The Bertz CT molecular complexity index is 1340. The molecule has 0 aliphatic heterocycles. The van der Waals surface area contributed by atoms with Gasteiger partial charge in [0.25, 0.3) is 0 Å². The molecule has 0 saturated heterocycles. The molecular weight excluding hydrogens is 326 g/mol. The summed E-state index contributed by atoms with van der Waals surface area (Å²) in [5.41, 5.74) is 10.7. The Morgan fingerprint density at radius 2 is 1.41 bits per heavy atom. The molecule has 4 aromatic carbocycles. The van der Waals surface area contributed by atoms with Crippen LogP contribution in [0.4, 0.5) is 0 Å². The minimum absolute atomic E-state index is 1.02. The van der Waals surface area contributed by atoms with Gasteiger partial charge < -0.3 is 4.57 Å². The van der Waals surface area contributed by atoms with E-state index in [1.807, 2.05) is 0 Å². The molecule has 0 spiro atoms. The van der Waals surface area contributed by atoms with Crippen LogP contribution in [0.3, 0.4) is 0 Å². The first-order valence-electron chi connectivity index (χ1n) is 9.51. The van der Waals surface area contributed by atoms with Crippen LogP contribution in [0.5, 0.6) is 0 Å². The number of aromatic nitrogens is 1. The zero-order valence-corrected chi connectivity index (χ0v) is 15.2. The number of para-hydroxylation sites is 1. The van der Waals surface area contributed by atoms with Gasteiger partial charge in [-0.05, 0) is 65.9 Å². The molecule has 0 unspecified atom stereocenters. The highest BCUT2D eigenvalue weighted by Gasteiger charge is 2.21. The summed E-state index contributed by atoms with van der Waals surface area (Å²) in [5, 5.41) is 2.65. The second-order valence-corrected chi connectivity index (χ2v) is 7.55. The Labute approximate surface area is 158 Å². The summed E-state index contributed by atoms with van der Waals surface area (Å²) in [6, 6.07) is 31.2. The van der Waals surface area contributed by atoms with Crippen molar-refractivity contribution in [2.75, 3.05) is 0 Å². The predicted octanol–water partition coefficient (Wildman–Crippen LogP) is 6.66. The first-order chi connectivity index (χ1) is 13.3. The largest absolute Gasteiger partial charge is 0.309 e. The third-order valence-electron chi connectivity index (χ3n) is 5.88. The minimum atomic E-state index is 1.02. The topological polar surface area (TPSA) is 4.93 Å². The lowest BCUT2D eigenvalue weighted by Crippen LogP contribution is -1.94. The molecular formula is C26H19N. The average molecular weight is 345 g/mol. The fraction of sp³-hybridized carbons (Fsp3) is 0.0769. The number of rotatable bonds is 1. The van der Waals surface area contributed by atoms with Crippen molar-refractivity contribution in [3.63, 3.8) is 0 Å². The fourth-order valence-corrected chi connectivity index (χ4v) is 4.57. The zero-order valence-electron chi connectivity index (χ0n) is 15.2. The van der Waals surface area contributed by atoms with Crippen LogP contribution in [0.2, 0.25) is 0 Å². The van der Waals surface area contributed by atoms with E-state index in [1.54, 1.807) is 0 Å². The zero-order chi connectivity index (χ0) is 18.0. The van der Waals surface area contributed by atoms with Crippen molar-refractivity contribution in [2.24, 2.45) is 0 Å². The number of hydrogen-bond donors (Lipinski definition) is 0.